The normalized spacial score (nSPS) is 24.2. The number of rotatable bonds is 3. The molecule has 2 nitrogen and oxygen atoms in total. The Morgan fingerprint density at radius 2 is 2.06 bits per heavy atom. The standard InChI is InChI=1S/C13H18ClNO/c1-8(2)9-5-11(6-9)15-10-3-4-13(16)12(14)7-10/h3-4,7-9,11,15-16H,5-6H2,1-2H3. The number of hydrogen-bond donors (Lipinski definition) is 2. The molecule has 3 heteroatoms. The number of halogens is 1. The van der Waals surface area contributed by atoms with Crippen molar-refractivity contribution in [3.05, 3.63) is 23.2 Å². The van der Waals surface area contributed by atoms with E-state index in [9.17, 15) is 5.11 Å². The molecule has 2 rings (SSSR count). The summed E-state index contributed by atoms with van der Waals surface area (Å²) in [6.45, 7) is 4.55. The van der Waals surface area contributed by atoms with Crippen molar-refractivity contribution >= 4 is 17.3 Å². The summed E-state index contributed by atoms with van der Waals surface area (Å²) in [5.74, 6) is 1.77. The molecule has 16 heavy (non-hydrogen) atoms. The monoisotopic (exact) mass is 239 g/mol. The van der Waals surface area contributed by atoms with Crippen LogP contribution in [0.5, 0.6) is 5.75 Å². The minimum absolute atomic E-state index is 0.140. The molecule has 0 heterocycles. The van der Waals surface area contributed by atoms with Crippen LogP contribution >= 0.6 is 11.6 Å². The largest absolute Gasteiger partial charge is 0.506 e. The maximum absolute atomic E-state index is 9.30. The molecule has 1 fully saturated rings. The Kier molecular flexibility index (Phi) is 3.29. The van der Waals surface area contributed by atoms with Crippen molar-refractivity contribution in [3.8, 4) is 5.75 Å². The zero-order valence-corrected chi connectivity index (χ0v) is 10.5. The van der Waals surface area contributed by atoms with E-state index in [1.54, 1.807) is 12.1 Å². The van der Waals surface area contributed by atoms with Gasteiger partial charge in [-0.2, -0.15) is 0 Å². The van der Waals surface area contributed by atoms with Gasteiger partial charge >= 0.3 is 0 Å². The summed E-state index contributed by atoms with van der Waals surface area (Å²) in [5.41, 5.74) is 0.995. The molecular weight excluding hydrogens is 222 g/mol. The third-order valence-corrected chi connectivity index (χ3v) is 3.74. The van der Waals surface area contributed by atoms with Gasteiger partial charge in [0.15, 0.2) is 0 Å². The predicted molar refractivity (Wildman–Crippen MR) is 68.1 cm³/mol. The van der Waals surface area contributed by atoms with Gasteiger partial charge in [-0.05, 0) is 42.9 Å². The van der Waals surface area contributed by atoms with Crippen LogP contribution in [0.2, 0.25) is 5.02 Å². The molecule has 0 bridgehead atoms. The Morgan fingerprint density at radius 1 is 1.38 bits per heavy atom. The number of phenolic OH excluding ortho intramolecular Hbond substituents is 1. The summed E-state index contributed by atoms with van der Waals surface area (Å²) < 4.78 is 0. The van der Waals surface area contributed by atoms with Crippen LogP contribution in [-0.4, -0.2) is 11.1 Å². The number of anilines is 1. The zero-order chi connectivity index (χ0) is 11.7. The van der Waals surface area contributed by atoms with E-state index in [4.69, 9.17) is 11.6 Å². The smallest absolute Gasteiger partial charge is 0.134 e. The molecule has 1 aliphatic carbocycles. The molecule has 1 saturated carbocycles. The van der Waals surface area contributed by atoms with Crippen LogP contribution in [0.15, 0.2) is 18.2 Å². The van der Waals surface area contributed by atoms with Crippen molar-refractivity contribution < 1.29 is 5.11 Å². The fraction of sp³-hybridized carbons (Fsp3) is 0.538. The molecule has 0 spiro atoms. The Morgan fingerprint density at radius 3 is 2.62 bits per heavy atom. The first-order chi connectivity index (χ1) is 7.56. The van der Waals surface area contributed by atoms with E-state index in [0.29, 0.717) is 11.1 Å². The lowest BCUT2D eigenvalue weighted by atomic mass is 9.73. The molecular formula is C13H18ClNO. The summed E-state index contributed by atoms with van der Waals surface area (Å²) in [5, 5.41) is 13.1. The lowest BCUT2D eigenvalue weighted by Gasteiger charge is -2.39. The Bertz CT molecular complexity index is 372. The highest BCUT2D eigenvalue weighted by Gasteiger charge is 2.30. The van der Waals surface area contributed by atoms with Crippen molar-refractivity contribution in [2.24, 2.45) is 11.8 Å². The van der Waals surface area contributed by atoms with Crippen LogP contribution in [0.4, 0.5) is 5.69 Å². The van der Waals surface area contributed by atoms with Crippen molar-refractivity contribution in [1.82, 2.24) is 0 Å². The molecule has 1 aliphatic rings. The van der Waals surface area contributed by atoms with E-state index in [-0.39, 0.29) is 5.75 Å². The van der Waals surface area contributed by atoms with Crippen molar-refractivity contribution in [3.63, 3.8) is 0 Å². The Labute approximate surface area is 102 Å². The first-order valence-corrected chi connectivity index (χ1v) is 6.19. The molecule has 0 aromatic heterocycles. The number of phenols is 1. The lowest BCUT2D eigenvalue weighted by molar-refractivity contribution is 0.212. The van der Waals surface area contributed by atoms with E-state index < -0.39 is 0 Å². The van der Waals surface area contributed by atoms with Gasteiger partial charge in [0, 0.05) is 11.7 Å². The molecule has 88 valence electrons. The van der Waals surface area contributed by atoms with Gasteiger partial charge in [0.05, 0.1) is 5.02 Å². The number of nitrogens with one attached hydrogen (secondary N) is 1. The van der Waals surface area contributed by atoms with Crippen molar-refractivity contribution in [2.45, 2.75) is 32.7 Å². The van der Waals surface area contributed by atoms with Crippen LogP contribution in [-0.2, 0) is 0 Å². The SMILES string of the molecule is CC(C)C1CC(Nc2ccc(O)c(Cl)c2)C1. The van der Waals surface area contributed by atoms with Crippen LogP contribution in [0.1, 0.15) is 26.7 Å². The highest BCUT2D eigenvalue weighted by Crippen LogP contribution is 2.36. The van der Waals surface area contributed by atoms with Gasteiger partial charge in [0.25, 0.3) is 0 Å². The van der Waals surface area contributed by atoms with Gasteiger partial charge in [-0.3, -0.25) is 0 Å². The third kappa shape index (κ3) is 2.43. The van der Waals surface area contributed by atoms with E-state index >= 15 is 0 Å². The number of aromatic hydroxyl groups is 1. The van der Waals surface area contributed by atoms with E-state index in [1.807, 2.05) is 6.07 Å². The molecule has 2 N–H and O–H groups in total. The van der Waals surface area contributed by atoms with E-state index in [1.165, 1.54) is 12.8 Å². The number of benzene rings is 1. The van der Waals surface area contributed by atoms with Gasteiger partial charge in [-0.25, -0.2) is 0 Å². The summed E-state index contributed by atoms with van der Waals surface area (Å²) in [4.78, 5) is 0. The minimum atomic E-state index is 0.140. The third-order valence-electron chi connectivity index (χ3n) is 3.44. The molecule has 0 amide bonds. The second-order valence-corrected chi connectivity index (χ2v) is 5.39. The lowest BCUT2D eigenvalue weighted by Crippen LogP contribution is -2.37. The second kappa shape index (κ2) is 4.54. The van der Waals surface area contributed by atoms with Crippen molar-refractivity contribution in [2.75, 3.05) is 5.32 Å². The number of hydrogen-bond acceptors (Lipinski definition) is 2. The first kappa shape index (κ1) is 11.6. The Balaban J connectivity index is 1.89. The zero-order valence-electron chi connectivity index (χ0n) is 9.70. The quantitative estimate of drug-likeness (QED) is 0.785. The van der Waals surface area contributed by atoms with E-state index in [0.717, 1.165) is 17.5 Å². The molecule has 0 radical (unpaired) electrons. The van der Waals surface area contributed by atoms with E-state index in [2.05, 4.69) is 19.2 Å². The maximum atomic E-state index is 9.30. The highest BCUT2D eigenvalue weighted by atomic mass is 35.5. The second-order valence-electron chi connectivity index (χ2n) is 4.98. The fourth-order valence-corrected chi connectivity index (χ4v) is 2.34. The van der Waals surface area contributed by atoms with Crippen LogP contribution in [0.3, 0.4) is 0 Å². The summed E-state index contributed by atoms with van der Waals surface area (Å²) >= 11 is 5.85. The fourth-order valence-electron chi connectivity index (χ4n) is 2.16. The summed E-state index contributed by atoms with van der Waals surface area (Å²) in [6, 6.07) is 5.83. The average Bonchev–Trinajstić information content (AvgIpc) is 2.15. The molecule has 0 saturated heterocycles. The average molecular weight is 240 g/mol. The minimum Gasteiger partial charge on any atom is -0.506 e. The van der Waals surface area contributed by atoms with Gasteiger partial charge in [0.2, 0.25) is 0 Å². The van der Waals surface area contributed by atoms with Gasteiger partial charge in [-0.1, -0.05) is 25.4 Å². The summed E-state index contributed by atoms with van der Waals surface area (Å²) in [7, 11) is 0. The van der Waals surface area contributed by atoms with Crippen LogP contribution < -0.4 is 5.32 Å². The molecule has 0 aliphatic heterocycles. The van der Waals surface area contributed by atoms with Gasteiger partial charge in [-0.15, -0.1) is 0 Å². The molecule has 0 atom stereocenters. The van der Waals surface area contributed by atoms with Gasteiger partial charge < -0.3 is 10.4 Å². The molecule has 1 aromatic rings. The predicted octanol–water partition coefficient (Wildman–Crippen LogP) is 3.89. The Hall–Kier alpha value is -0.890. The van der Waals surface area contributed by atoms with Gasteiger partial charge in [0.1, 0.15) is 5.75 Å². The highest BCUT2D eigenvalue weighted by molar-refractivity contribution is 6.32. The first-order valence-electron chi connectivity index (χ1n) is 5.81. The van der Waals surface area contributed by atoms with Crippen molar-refractivity contribution in [1.29, 1.82) is 0 Å². The van der Waals surface area contributed by atoms with Crippen LogP contribution in [0, 0.1) is 11.8 Å². The topological polar surface area (TPSA) is 32.3 Å². The molecule has 1 aromatic carbocycles. The summed E-state index contributed by atoms with van der Waals surface area (Å²) in [6.07, 6.45) is 2.46. The maximum Gasteiger partial charge on any atom is 0.134 e. The van der Waals surface area contributed by atoms with Crippen LogP contribution in [0.25, 0.3) is 0 Å². The molecule has 0 unspecified atom stereocenters.